The van der Waals surface area contributed by atoms with Gasteiger partial charge in [0.2, 0.25) is 0 Å². The molecule has 40 heavy (non-hydrogen) atoms. The molecule has 1 aliphatic rings. The number of benzene rings is 3. The van der Waals surface area contributed by atoms with E-state index in [1.807, 2.05) is 84.9 Å². The normalized spacial score (nSPS) is 18.7. The Morgan fingerprint density at radius 3 is 2.17 bits per heavy atom. The van der Waals surface area contributed by atoms with Gasteiger partial charge in [0.1, 0.15) is 17.6 Å². The summed E-state index contributed by atoms with van der Waals surface area (Å²) in [5.41, 5.74) is 10.2. The van der Waals surface area contributed by atoms with Gasteiger partial charge in [-0.1, -0.05) is 77.9 Å². The Labute approximate surface area is 230 Å². The van der Waals surface area contributed by atoms with Gasteiger partial charge >= 0.3 is 5.69 Å². The molecule has 4 aromatic rings. The van der Waals surface area contributed by atoms with Crippen LogP contribution in [-0.4, -0.2) is 35.4 Å². The fourth-order valence-corrected chi connectivity index (χ4v) is 5.15. The maximum absolute atomic E-state index is 12.6. The number of H-pyrrole nitrogens is 1. The fraction of sp³-hybridized carbons (Fsp3) is 0.267. The van der Waals surface area contributed by atoms with Crippen LogP contribution in [0.15, 0.2) is 106 Å². The summed E-state index contributed by atoms with van der Waals surface area (Å²) in [6, 6.07) is 26.8. The molecule has 0 unspecified atom stereocenters. The smallest absolute Gasteiger partial charge is 0.330 e. The van der Waals surface area contributed by atoms with Crippen molar-refractivity contribution in [1.82, 2.24) is 9.55 Å². The average Bonchev–Trinajstić information content (AvgIpc) is 3.39. The first-order valence-corrected chi connectivity index (χ1v) is 12.9. The van der Waals surface area contributed by atoms with Gasteiger partial charge in [-0.2, -0.15) is 0 Å². The maximum atomic E-state index is 12.6. The number of ether oxygens (including phenoxy) is 3. The molecule has 3 aromatic carbocycles. The van der Waals surface area contributed by atoms with E-state index in [0.717, 1.165) is 16.7 Å². The second-order valence-corrected chi connectivity index (χ2v) is 9.57. The van der Waals surface area contributed by atoms with Crippen molar-refractivity contribution in [2.45, 2.75) is 37.3 Å². The van der Waals surface area contributed by atoms with E-state index in [9.17, 15) is 15.1 Å². The monoisotopic (exact) mass is 539 g/mol. The van der Waals surface area contributed by atoms with Gasteiger partial charge in [-0.05, 0) is 41.3 Å². The van der Waals surface area contributed by atoms with E-state index in [4.69, 9.17) is 14.2 Å². The van der Waals surface area contributed by atoms with Gasteiger partial charge in [0, 0.05) is 23.1 Å². The lowest BCUT2D eigenvalue weighted by molar-refractivity contribution is -0.0796. The second kappa shape index (κ2) is 11.6. The molecule has 0 aliphatic carbocycles. The number of nitrogens with zero attached hydrogens (tertiary/aromatic N) is 4. The van der Waals surface area contributed by atoms with E-state index < -0.39 is 35.2 Å². The van der Waals surface area contributed by atoms with E-state index in [1.165, 1.54) is 10.8 Å². The minimum Gasteiger partial charge on any atom is -0.497 e. The van der Waals surface area contributed by atoms with Crippen molar-refractivity contribution >= 4 is 0 Å². The fourth-order valence-electron chi connectivity index (χ4n) is 5.15. The van der Waals surface area contributed by atoms with Crippen LogP contribution in [0.5, 0.6) is 5.75 Å². The van der Waals surface area contributed by atoms with Crippen molar-refractivity contribution in [2.75, 3.05) is 13.7 Å². The Morgan fingerprint density at radius 2 is 1.60 bits per heavy atom. The summed E-state index contributed by atoms with van der Waals surface area (Å²) in [5.74, 6) is 0.714. The highest BCUT2D eigenvalue weighted by atomic mass is 16.6. The van der Waals surface area contributed by atoms with Gasteiger partial charge in [0.05, 0.1) is 25.9 Å². The van der Waals surface area contributed by atoms with E-state index in [2.05, 4.69) is 15.0 Å². The Morgan fingerprint density at radius 1 is 1.00 bits per heavy atom. The quantitative estimate of drug-likeness (QED) is 0.141. The van der Waals surface area contributed by atoms with Gasteiger partial charge in [0.15, 0.2) is 0 Å². The van der Waals surface area contributed by atoms with Crippen LogP contribution in [0.2, 0.25) is 0 Å². The molecule has 0 amide bonds. The molecule has 0 radical (unpaired) electrons. The molecule has 1 aliphatic heterocycles. The van der Waals surface area contributed by atoms with Gasteiger partial charge in [-0.15, -0.1) is 0 Å². The number of nitrogens with one attached hydrogen (secondary N) is 1. The number of aryl methyl sites for hydroxylation is 1. The first-order valence-electron chi connectivity index (χ1n) is 12.9. The summed E-state index contributed by atoms with van der Waals surface area (Å²) in [5, 5.41) is 3.96. The molecule has 2 heterocycles. The van der Waals surface area contributed by atoms with Crippen molar-refractivity contribution in [3.8, 4) is 5.75 Å². The lowest BCUT2D eigenvalue weighted by Crippen LogP contribution is -2.38. The van der Waals surface area contributed by atoms with Crippen LogP contribution in [0.1, 0.15) is 34.9 Å². The number of hydrogen-bond donors (Lipinski definition) is 1. The van der Waals surface area contributed by atoms with E-state index in [-0.39, 0.29) is 13.0 Å². The molecule has 10 nitrogen and oxygen atoms in total. The maximum Gasteiger partial charge on any atom is 0.330 e. The summed E-state index contributed by atoms with van der Waals surface area (Å²) >= 11 is 0. The lowest BCUT2D eigenvalue weighted by atomic mass is 9.80. The highest BCUT2D eigenvalue weighted by molar-refractivity contribution is 5.48. The molecular formula is C30H29N5O5. The van der Waals surface area contributed by atoms with Crippen LogP contribution in [0.3, 0.4) is 0 Å². The number of aromatic nitrogens is 2. The molecule has 0 spiro atoms. The Hall–Kier alpha value is -4.63. The number of methoxy groups -OCH3 is 1. The second-order valence-electron chi connectivity index (χ2n) is 9.57. The molecule has 5 rings (SSSR count). The van der Waals surface area contributed by atoms with Crippen LogP contribution in [0.25, 0.3) is 10.4 Å². The predicted octanol–water partition coefficient (Wildman–Crippen LogP) is 4.83. The summed E-state index contributed by atoms with van der Waals surface area (Å²) < 4.78 is 19.9. The van der Waals surface area contributed by atoms with Crippen LogP contribution in [-0.2, 0) is 15.1 Å². The van der Waals surface area contributed by atoms with Gasteiger partial charge in [-0.3, -0.25) is 14.3 Å². The Bertz CT molecular complexity index is 1570. The average molecular weight is 540 g/mol. The first-order chi connectivity index (χ1) is 19.5. The molecule has 10 heteroatoms. The first kappa shape index (κ1) is 27.0. The number of azide groups is 1. The van der Waals surface area contributed by atoms with Crippen molar-refractivity contribution < 1.29 is 14.2 Å². The van der Waals surface area contributed by atoms with E-state index >= 15 is 0 Å². The molecular weight excluding hydrogens is 510 g/mol. The third-order valence-corrected chi connectivity index (χ3v) is 7.18. The van der Waals surface area contributed by atoms with Gasteiger partial charge < -0.3 is 14.2 Å². The zero-order valence-corrected chi connectivity index (χ0v) is 22.1. The Balaban J connectivity index is 1.56. The zero-order chi connectivity index (χ0) is 28.1. The summed E-state index contributed by atoms with van der Waals surface area (Å²) in [4.78, 5) is 29.8. The van der Waals surface area contributed by atoms with Crippen molar-refractivity contribution in [2.24, 2.45) is 5.11 Å². The summed E-state index contributed by atoms with van der Waals surface area (Å²) in [6.07, 6.45) is 0.300. The summed E-state index contributed by atoms with van der Waals surface area (Å²) in [6.45, 7) is 1.66. The standard InChI is InChI=1S/C30H29N5O5/c1-20-18-35(29(37)32-28(20)36)27-17-25(33-34-31)26(40-27)19-39-30(21-9-5-3-6-10-21,22-11-7-4-8-12-22)23-13-15-24(38-2)16-14-23/h3-16,18,25-27H,17,19H2,1-2H3,(H,32,36,37)/t25-,26+,27+/m0/s1. The number of hydrogen-bond acceptors (Lipinski definition) is 6. The van der Waals surface area contributed by atoms with E-state index in [0.29, 0.717) is 11.3 Å². The van der Waals surface area contributed by atoms with Crippen LogP contribution in [0, 0.1) is 6.92 Å². The van der Waals surface area contributed by atoms with Gasteiger partial charge in [-0.25, -0.2) is 4.79 Å². The largest absolute Gasteiger partial charge is 0.497 e. The molecule has 1 N–H and O–H groups in total. The van der Waals surface area contributed by atoms with Gasteiger partial charge in [0.25, 0.3) is 5.56 Å². The van der Waals surface area contributed by atoms with Crippen molar-refractivity contribution in [3.63, 3.8) is 0 Å². The molecule has 204 valence electrons. The molecule has 1 fully saturated rings. The summed E-state index contributed by atoms with van der Waals surface area (Å²) in [7, 11) is 1.62. The van der Waals surface area contributed by atoms with Crippen LogP contribution in [0.4, 0.5) is 0 Å². The third-order valence-electron chi connectivity index (χ3n) is 7.18. The van der Waals surface area contributed by atoms with Crippen LogP contribution >= 0.6 is 0 Å². The lowest BCUT2D eigenvalue weighted by Gasteiger charge is -2.37. The highest BCUT2D eigenvalue weighted by Crippen LogP contribution is 2.42. The highest BCUT2D eigenvalue weighted by Gasteiger charge is 2.42. The van der Waals surface area contributed by atoms with E-state index in [1.54, 1.807) is 14.0 Å². The number of rotatable bonds is 9. The molecule has 0 saturated carbocycles. The number of aromatic amines is 1. The molecule has 1 aromatic heterocycles. The van der Waals surface area contributed by atoms with Crippen molar-refractivity contribution in [1.29, 1.82) is 0 Å². The molecule has 0 bridgehead atoms. The van der Waals surface area contributed by atoms with Crippen molar-refractivity contribution in [3.05, 3.63) is 145 Å². The molecule has 1 saturated heterocycles. The Kier molecular flexibility index (Phi) is 7.84. The minimum absolute atomic E-state index is 0.0487. The van der Waals surface area contributed by atoms with Crippen LogP contribution < -0.4 is 16.0 Å². The molecule has 3 atom stereocenters. The topological polar surface area (TPSA) is 131 Å². The minimum atomic E-state index is -1.04. The third kappa shape index (κ3) is 5.15. The SMILES string of the molecule is COc1ccc(C(OC[C@H]2O[C@@H](n3cc(C)c(=O)[nH]c3=O)C[C@@H]2N=[N+]=[N-])(c2ccccc2)c2ccccc2)cc1. The predicted molar refractivity (Wildman–Crippen MR) is 149 cm³/mol. The zero-order valence-electron chi connectivity index (χ0n) is 22.1.